The smallest absolute Gasteiger partial charge is 0.387 e. The van der Waals surface area contributed by atoms with E-state index in [0.717, 1.165) is 23.2 Å². The van der Waals surface area contributed by atoms with Crippen molar-refractivity contribution in [2.45, 2.75) is 51.6 Å². The van der Waals surface area contributed by atoms with Crippen LogP contribution in [0.25, 0.3) is 10.9 Å². The van der Waals surface area contributed by atoms with Crippen molar-refractivity contribution < 1.29 is 13.5 Å². The first kappa shape index (κ1) is 14.4. The lowest BCUT2D eigenvalue weighted by atomic mass is 9.85. The second-order valence-electron chi connectivity index (χ2n) is 5.94. The summed E-state index contributed by atoms with van der Waals surface area (Å²) in [5.74, 6) is 1.06. The van der Waals surface area contributed by atoms with Crippen LogP contribution < -0.4 is 4.74 Å². The van der Waals surface area contributed by atoms with Gasteiger partial charge < -0.3 is 9.72 Å². The highest BCUT2D eigenvalue weighted by Crippen LogP contribution is 2.30. The molecule has 114 valence electrons. The molecular formula is C17H21F2NO. The summed E-state index contributed by atoms with van der Waals surface area (Å²) in [6, 6.07) is 5.10. The van der Waals surface area contributed by atoms with Crippen LogP contribution in [-0.4, -0.2) is 11.6 Å². The highest BCUT2D eigenvalue weighted by atomic mass is 19.3. The minimum Gasteiger partial charge on any atom is -0.435 e. The maximum absolute atomic E-state index is 12.3. The van der Waals surface area contributed by atoms with Gasteiger partial charge in [-0.1, -0.05) is 32.1 Å². The second kappa shape index (κ2) is 6.46. The quantitative estimate of drug-likeness (QED) is 0.797. The summed E-state index contributed by atoms with van der Waals surface area (Å²) in [5.41, 5.74) is 2.19. The Morgan fingerprint density at radius 1 is 1.19 bits per heavy atom. The molecule has 1 aromatic heterocycles. The summed E-state index contributed by atoms with van der Waals surface area (Å²) in [6.07, 6.45) is 10.9. The van der Waals surface area contributed by atoms with Crippen LogP contribution in [0.4, 0.5) is 8.78 Å². The van der Waals surface area contributed by atoms with Crippen LogP contribution in [0.1, 0.15) is 44.1 Å². The second-order valence-corrected chi connectivity index (χ2v) is 5.94. The van der Waals surface area contributed by atoms with E-state index in [0.29, 0.717) is 0 Å². The van der Waals surface area contributed by atoms with Gasteiger partial charge in [-0.25, -0.2) is 0 Å². The number of alkyl halides is 2. The standard InChI is InChI=1S/C17H21F2NO/c18-17(19)21-14-8-9-16-15(10-14)13(11-20-16)7-6-12-4-2-1-3-5-12/h8-12,17,20H,1-7H2. The molecule has 2 aromatic rings. The van der Waals surface area contributed by atoms with Crippen molar-refractivity contribution in [1.82, 2.24) is 4.98 Å². The van der Waals surface area contributed by atoms with Gasteiger partial charge >= 0.3 is 6.61 Å². The van der Waals surface area contributed by atoms with Gasteiger partial charge in [-0.3, -0.25) is 0 Å². The number of aryl methyl sites for hydroxylation is 1. The molecule has 2 nitrogen and oxygen atoms in total. The molecule has 0 spiro atoms. The molecule has 0 radical (unpaired) electrons. The Balaban J connectivity index is 1.71. The number of rotatable bonds is 5. The van der Waals surface area contributed by atoms with E-state index in [2.05, 4.69) is 9.72 Å². The highest BCUT2D eigenvalue weighted by molar-refractivity contribution is 5.84. The fourth-order valence-corrected chi connectivity index (χ4v) is 3.38. The largest absolute Gasteiger partial charge is 0.435 e. The number of fused-ring (bicyclic) bond motifs is 1. The van der Waals surface area contributed by atoms with Gasteiger partial charge in [-0.2, -0.15) is 8.78 Å². The Morgan fingerprint density at radius 2 is 2.00 bits per heavy atom. The third-order valence-electron chi connectivity index (χ3n) is 4.51. The van der Waals surface area contributed by atoms with E-state index in [-0.39, 0.29) is 5.75 Å². The Kier molecular flexibility index (Phi) is 4.42. The highest BCUT2D eigenvalue weighted by Gasteiger charge is 2.14. The first-order valence-electron chi connectivity index (χ1n) is 7.77. The normalized spacial score (nSPS) is 16.7. The van der Waals surface area contributed by atoms with Crippen LogP contribution in [0, 0.1) is 5.92 Å². The minimum atomic E-state index is -2.77. The van der Waals surface area contributed by atoms with E-state index in [1.54, 1.807) is 18.2 Å². The molecule has 1 N–H and O–H groups in total. The van der Waals surface area contributed by atoms with Gasteiger partial charge in [0.05, 0.1) is 0 Å². The monoisotopic (exact) mass is 293 g/mol. The first-order chi connectivity index (χ1) is 10.2. The van der Waals surface area contributed by atoms with Gasteiger partial charge in [0.2, 0.25) is 0 Å². The predicted molar refractivity (Wildman–Crippen MR) is 79.8 cm³/mol. The van der Waals surface area contributed by atoms with Crippen LogP contribution in [0.3, 0.4) is 0 Å². The molecule has 0 bridgehead atoms. The van der Waals surface area contributed by atoms with Crippen molar-refractivity contribution in [2.75, 3.05) is 0 Å². The average Bonchev–Trinajstić information content (AvgIpc) is 2.88. The average molecular weight is 293 g/mol. The third-order valence-corrected chi connectivity index (χ3v) is 4.51. The first-order valence-corrected chi connectivity index (χ1v) is 7.77. The van der Waals surface area contributed by atoms with E-state index < -0.39 is 6.61 Å². The number of nitrogens with one attached hydrogen (secondary N) is 1. The van der Waals surface area contributed by atoms with Crippen molar-refractivity contribution in [3.63, 3.8) is 0 Å². The van der Waals surface area contributed by atoms with Gasteiger partial charge in [0.1, 0.15) is 5.75 Å². The lowest BCUT2D eigenvalue weighted by Gasteiger charge is -2.21. The molecule has 3 rings (SSSR count). The lowest BCUT2D eigenvalue weighted by molar-refractivity contribution is -0.0497. The van der Waals surface area contributed by atoms with Crippen LogP contribution in [0.5, 0.6) is 5.75 Å². The van der Waals surface area contributed by atoms with Gasteiger partial charge in [-0.15, -0.1) is 0 Å². The Hall–Kier alpha value is -1.58. The van der Waals surface area contributed by atoms with Crippen molar-refractivity contribution in [1.29, 1.82) is 0 Å². The molecule has 0 saturated heterocycles. The van der Waals surface area contributed by atoms with E-state index in [1.165, 1.54) is 44.1 Å². The molecule has 1 saturated carbocycles. The molecular weight excluding hydrogens is 272 g/mol. The summed E-state index contributed by atoms with van der Waals surface area (Å²) in [7, 11) is 0. The number of halogens is 2. The Morgan fingerprint density at radius 3 is 2.76 bits per heavy atom. The maximum atomic E-state index is 12.3. The zero-order valence-electron chi connectivity index (χ0n) is 12.1. The Labute approximate surface area is 123 Å². The van der Waals surface area contributed by atoms with E-state index >= 15 is 0 Å². The van der Waals surface area contributed by atoms with Crippen molar-refractivity contribution >= 4 is 10.9 Å². The molecule has 1 aliphatic carbocycles. The van der Waals surface area contributed by atoms with Gasteiger partial charge in [0.15, 0.2) is 0 Å². The molecule has 1 heterocycles. The van der Waals surface area contributed by atoms with Gasteiger partial charge in [-0.05, 0) is 42.5 Å². The molecule has 0 atom stereocenters. The fourth-order valence-electron chi connectivity index (χ4n) is 3.38. The molecule has 1 fully saturated rings. The van der Waals surface area contributed by atoms with Crippen molar-refractivity contribution in [3.8, 4) is 5.75 Å². The molecule has 1 aromatic carbocycles. The van der Waals surface area contributed by atoms with E-state index in [4.69, 9.17) is 0 Å². The zero-order chi connectivity index (χ0) is 14.7. The number of H-pyrrole nitrogens is 1. The summed E-state index contributed by atoms with van der Waals surface area (Å²) >= 11 is 0. The summed E-state index contributed by atoms with van der Waals surface area (Å²) in [5, 5.41) is 1.00. The SMILES string of the molecule is FC(F)Oc1ccc2[nH]cc(CCC3CCCCC3)c2c1. The predicted octanol–water partition coefficient (Wildman–Crippen LogP) is 5.28. The summed E-state index contributed by atoms with van der Waals surface area (Å²) < 4.78 is 29.1. The number of aromatic nitrogens is 1. The number of aromatic amines is 1. The topological polar surface area (TPSA) is 25.0 Å². The van der Waals surface area contributed by atoms with E-state index in [9.17, 15) is 8.78 Å². The summed E-state index contributed by atoms with van der Waals surface area (Å²) in [4.78, 5) is 3.21. The number of hydrogen-bond acceptors (Lipinski definition) is 1. The van der Waals surface area contributed by atoms with Crippen LogP contribution in [0.2, 0.25) is 0 Å². The van der Waals surface area contributed by atoms with E-state index in [1.807, 2.05) is 6.20 Å². The molecule has 0 aliphatic heterocycles. The van der Waals surface area contributed by atoms with Crippen LogP contribution in [-0.2, 0) is 6.42 Å². The molecule has 0 unspecified atom stereocenters. The van der Waals surface area contributed by atoms with Gasteiger partial charge in [0, 0.05) is 17.1 Å². The number of hydrogen-bond donors (Lipinski definition) is 1. The third kappa shape index (κ3) is 3.55. The van der Waals surface area contributed by atoms with Crippen LogP contribution >= 0.6 is 0 Å². The minimum absolute atomic E-state index is 0.232. The number of ether oxygens (including phenoxy) is 1. The van der Waals surface area contributed by atoms with Crippen molar-refractivity contribution in [2.24, 2.45) is 5.92 Å². The van der Waals surface area contributed by atoms with Gasteiger partial charge in [0.25, 0.3) is 0 Å². The lowest BCUT2D eigenvalue weighted by Crippen LogP contribution is -2.07. The molecule has 1 aliphatic rings. The summed E-state index contributed by atoms with van der Waals surface area (Å²) in [6.45, 7) is -2.77. The molecule has 4 heteroatoms. The number of benzene rings is 1. The molecule has 21 heavy (non-hydrogen) atoms. The van der Waals surface area contributed by atoms with Crippen LogP contribution in [0.15, 0.2) is 24.4 Å². The fraction of sp³-hybridized carbons (Fsp3) is 0.529. The zero-order valence-corrected chi connectivity index (χ0v) is 12.1. The van der Waals surface area contributed by atoms with Crippen molar-refractivity contribution in [3.05, 3.63) is 30.0 Å². The Bertz CT molecular complexity index is 587. The molecule has 0 amide bonds. The maximum Gasteiger partial charge on any atom is 0.387 e.